The second kappa shape index (κ2) is 9.58. The lowest BCUT2D eigenvalue weighted by molar-refractivity contribution is -0.143. The Morgan fingerprint density at radius 2 is 1.67 bits per heavy atom. The first-order chi connectivity index (χ1) is 13.2. The van der Waals surface area contributed by atoms with Gasteiger partial charge in [-0.3, -0.25) is 4.79 Å². The van der Waals surface area contributed by atoms with Gasteiger partial charge in [0.05, 0.1) is 13.2 Å². The molecular formula is C24H24O3. The van der Waals surface area contributed by atoms with E-state index in [2.05, 4.69) is 54.6 Å². The van der Waals surface area contributed by atoms with E-state index < -0.39 is 0 Å². The second-order valence-corrected chi connectivity index (χ2v) is 6.27. The van der Waals surface area contributed by atoms with Gasteiger partial charge in [-0.05, 0) is 53.4 Å². The molecule has 0 spiro atoms. The van der Waals surface area contributed by atoms with Crippen LogP contribution in [-0.2, 0) is 9.53 Å². The minimum Gasteiger partial charge on any atom is -0.494 e. The van der Waals surface area contributed by atoms with E-state index >= 15 is 0 Å². The molecule has 138 valence electrons. The number of fused-ring (bicyclic) bond motifs is 1. The minimum atomic E-state index is -0.173. The van der Waals surface area contributed by atoms with E-state index in [-0.39, 0.29) is 5.97 Å². The van der Waals surface area contributed by atoms with Gasteiger partial charge in [0.1, 0.15) is 5.75 Å². The summed E-state index contributed by atoms with van der Waals surface area (Å²) in [6.45, 7) is 2.73. The van der Waals surface area contributed by atoms with Crippen molar-refractivity contribution in [2.45, 2.75) is 19.8 Å². The van der Waals surface area contributed by atoms with Crippen LogP contribution in [0.1, 0.15) is 30.9 Å². The molecule has 0 aliphatic rings. The Kier molecular flexibility index (Phi) is 6.64. The lowest BCUT2D eigenvalue weighted by Crippen LogP contribution is -2.06. The van der Waals surface area contributed by atoms with Crippen molar-refractivity contribution in [3.63, 3.8) is 0 Å². The molecule has 3 aromatic rings. The van der Waals surface area contributed by atoms with Gasteiger partial charge < -0.3 is 9.47 Å². The van der Waals surface area contributed by atoms with E-state index in [1.807, 2.05) is 31.2 Å². The Balaban J connectivity index is 1.57. The highest BCUT2D eigenvalue weighted by Gasteiger charge is 2.02. The molecule has 0 aromatic heterocycles. The SMILES string of the molecule is CCOC(=O)CCCOc1cccc(/C=C/c2ccc3ccccc3c2)c1. The van der Waals surface area contributed by atoms with Crippen LogP contribution >= 0.6 is 0 Å². The van der Waals surface area contributed by atoms with Crippen LogP contribution in [0, 0.1) is 0 Å². The van der Waals surface area contributed by atoms with Crippen LogP contribution in [-0.4, -0.2) is 19.2 Å². The summed E-state index contributed by atoms with van der Waals surface area (Å²) in [6.07, 6.45) is 5.22. The monoisotopic (exact) mass is 360 g/mol. The van der Waals surface area contributed by atoms with Gasteiger partial charge >= 0.3 is 5.97 Å². The number of hydrogen-bond donors (Lipinski definition) is 0. The molecule has 0 unspecified atom stereocenters. The van der Waals surface area contributed by atoms with E-state index in [1.165, 1.54) is 10.8 Å². The van der Waals surface area contributed by atoms with Gasteiger partial charge in [0.2, 0.25) is 0 Å². The molecule has 0 radical (unpaired) electrons. The van der Waals surface area contributed by atoms with Gasteiger partial charge in [-0.1, -0.05) is 60.7 Å². The van der Waals surface area contributed by atoms with Gasteiger partial charge in [0.25, 0.3) is 0 Å². The number of carbonyl (C=O) groups is 1. The molecule has 0 N–H and O–H groups in total. The normalized spacial score (nSPS) is 11.0. The zero-order chi connectivity index (χ0) is 18.9. The van der Waals surface area contributed by atoms with E-state index in [0.29, 0.717) is 26.1 Å². The molecule has 3 rings (SSSR count). The number of ether oxygens (including phenoxy) is 2. The summed E-state index contributed by atoms with van der Waals surface area (Å²) in [6, 6.07) is 22.7. The Morgan fingerprint density at radius 1 is 0.889 bits per heavy atom. The molecule has 0 amide bonds. The summed E-state index contributed by atoms with van der Waals surface area (Å²) in [4.78, 5) is 11.3. The lowest BCUT2D eigenvalue weighted by Gasteiger charge is -2.07. The molecule has 0 heterocycles. The third-order valence-electron chi connectivity index (χ3n) is 4.20. The van der Waals surface area contributed by atoms with Gasteiger partial charge in [-0.25, -0.2) is 0 Å². The maximum atomic E-state index is 11.3. The van der Waals surface area contributed by atoms with Crippen molar-refractivity contribution in [1.82, 2.24) is 0 Å². The average Bonchev–Trinajstić information content (AvgIpc) is 2.70. The van der Waals surface area contributed by atoms with Gasteiger partial charge in [-0.15, -0.1) is 0 Å². The third-order valence-corrected chi connectivity index (χ3v) is 4.20. The fraction of sp³-hybridized carbons (Fsp3) is 0.208. The maximum Gasteiger partial charge on any atom is 0.305 e. The van der Waals surface area contributed by atoms with Crippen LogP contribution in [0.5, 0.6) is 5.75 Å². The summed E-state index contributed by atoms with van der Waals surface area (Å²) in [5, 5.41) is 2.48. The zero-order valence-corrected chi connectivity index (χ0v) is 15.6. The summed E-state index contributed by atoms with van der Waals surface area (Å²) in [5.41, 5.74) is 2.24. The Hall–Kier alpha value is -3.07. The van der Waals surface area contributed by atoms with Gasteiger partial charge in [0.15, 0.2) is 0 Å². The molecule has 0 bridgehead atoms. The highest BCUT2D eigenvalue weighted by atomic mass is 16.5. The molecule has 0 saturated carbocycles. The van der Waals surface area contributed by atoms with Gasteiger partial charge in [0, 0.05) is 6.42 Å². The smallest absolute Gasteiger partial charge is 0.305 e. The largest absolute Gasteiger partial charge is 0.494 e. The van der Waals surface area contributed by atoms with Crippen LogP contribution in [0.25, 0.3) is 22.9 Å². The van der Waals surface area contributed by atoms with E-state index in [0.717, 1.165) is 16.9 Å². The van der Waals surface area contributed by atoms with E-state index in [1.54, 1.807) is 0 Å². The summed E-state index contributed by atoms with van der Waals surface area (Å²) >= 11 is 0. The quantitative estimate of drug-likeness (QED) is 0.292. The predicted molar refractivity (Wildman–Crippen MR) is 111 cm³/mol. The van der Waals surface area contributed by atoms with Crippen LogP contribution in [0.2, 0.25) is 0 Å². The van der Waals surface area contributed by atoms with Crippen molar-refractivity contribution in [2.75, 3.05) is 13.2 Å². The minimum absolute atomic E-state index is 0.173. The van der Waals surface area contributed by atoms with Crippen molar-refractivity contribution < 1.29 is 14.3 Å². The molecule has 0 aliphatic carbocycles. The Labute approximate surface area is 160 Å². The number of hydrogen-bond acceptors (Lipinski definition) is 3. The fourth-order valence-electron chi connectivity index (χ4n) is 2.85. The van der Waals surface area contributed by atoms with Crippen LogP contribution in [0.4, 0.5) is 0 Å². The molecule has 3 heteroatoms. The van der Waals surface area contributed by atoms with Crippen molar-refractivity contribution in [3.8, 4) is 5.75 Å². The highest BCUT2D eigenvalue weighted by molar-refractivity contribution is 5.86. The Bertz CT molecular complexity index is 928. The van der Waals surface area contributed by atoms with Crippen LogP contribution in [0.3, 0.4) is 0 Å². The second-order valence-electron chi connectivity index (χ2n) is 6.27. The van der Waals surface area contributed by atoms with E-state index in [4.69, 9.17) is 9.47 Å². The molecule has 0 fully saturated rings. The maximum absolute atomic E-state index is 11.3. The summed E-state index contributed by atoms with van der Waals surface area (Å²) < 4.78 is 10.7. The fourth-order valence-corrected chi connectivity index (χ4v) is 2.85. The molecule has 3 aromatic carbocycles. The number of rotatable bonds is 8. The third kappa shape index (κ3) is 5.71. The molecule has 27 heavy (non-hydrogen) atoms. The van der Waals surface area contributed by atoms with Crippen LogP contribution < -0.4 is 4.74 Å². The zero-order valence-electron chi connectivity index (χ0n) is 15.6. The number of esters is 1. The lowest BCUT2D eigenvalue weighted by atomic mass is 10.1. The van der Waals surface area contributed by atoms with Crippen molar-refractivity contribution in [2.24, 2.45) is 0 Å². The number of benzene rings is 3. The first-order valence-corrected chi connectivity index (χ1v) is 9.30. The van der Waals surface area contributed by atoms with E-state index in [9.17, 15) is 4.79 Å². The van der Waals surface area contributed by atoms with Crippen LogP contribution in [0.15, 0.2) is 66.7 Å². The predicted octanol–water partition coefficient (Wildman–Crippen LogP) is 5.73. The van der Waals surface area contributed by atoms with Gasteiger partial charge in [-0.2, -0.15) is 0 Å². The topological polar surface area (TPSA) is 35.5 Å². The molecule has 0 atom stereocenters. The molecule has 3 nitrogen and oxygen atoms in total. The summed E-state index contributed by atoms with van der Waals surface area (Å²) in [5.74, 6) is 0.632. The van der Waals surface area contributed by atoms with Crippen molar-refractivity contribution >= 4 is 28.9 Å². The first-order valence-electron chi connectivity index (χ1n) is 9.30. The number of carbonyl (C=O) groups excluding carboxylic acids is 1. The Morgan fingerprint density at radius 3 is 2.48 bits per heavy atom. The molecular weight excluding hydrogens is 336 g/mol. The van der Waals surface area contributed by atoms with Crippen molar-refractivity contribution in [3.05, 3.63) is 77.9 Å². The van der Waals surface area contributed by atoms with Crippen molar-refractivity contribution in [1.29, 1.82) is 0 Å². The standard InChI is InChI=1S/C24H24O3/c1-2-26-24(25)11-6-16-27-23-10-5-7-19(18-23)12-13-20-14-15-21-8-3-4-9-22(21)17-20/h3-5,7-10,12-15,17-18H,2,6,11,16H2,1H3/b13-12+. The summed E-state index contributed by atoms with van der Waals surface area (Å²) in [7, 11) is 0. The average molecular weight is 360 g/mol. The highest BCUT2D eigenvalue weighted by Crippen LogP contribution is 2.19. The molecule has 0 saturated heterocycles. The molecule has 0 aliphatic heterocycles. The first kappa shape index (κ1) is 18.7.